The average molecular weight is 408 g/mol. The number of nitrogens with one attached hydrogen (secondary N) is 2. The number of carbonyl (C=O) groups is 1. The highest BCUT2D eigenvalue weighted by atomic mass is 16.5. The molecule has 9 nitrogen and oxygen atoms in total. The van der Waals surface area contributed by atoms with Crippen molar-refractivity contribution >= 4 is 11.6 Å². The predicted octanol–water partition coefficient (Wildman–Crippen LogP) is 1.78. The first-order valence-corrected chi connectivity index (χ1v) is 9.11. The van der Waals surface area contributed by atoms with Crippen LogP contribution in [0.15, 0.2) is 69.3 Å². The minimum atomic E-state index is -0.810. The Labute approximate surface area is 171 Å². The van der Waals surface area contributed by atoms with Crippen molar-refractivity contribution in [3.05, 3.63) is 86.6 Å². The summed E-state index contributed by atoms with van der Waals surface area (Å²) in [6, 6.07) is 14.8. The van der Waals surface area contributed by atoms with Crippen LogP contribution in [-0.2, 0) is 0 Å². The summed E-state index contributed by atoms with van der Waals surface area (Å²) in [5.74, 6) is -0.486. The van der Waals surface area contributed by atoms with Crippen molar-refractivity contribution in [3.63, 3.8) is 0 Å². The molecule has 0 saturated heterocycles. The summed E-state index contributed by atoms with van der Waals surface area (Å²) in [6.45, 7) is 1.70. The maximum atomic E-state index is 12.4. The van der Waals surface area contributed by atoms with Crippen molar-refractivity contribution in [1.82, 2.24) is 15.0 Å². The Kier molecular flexibility index (Phi) is 6.11. The quantitative estimate of drug-likeness (QED) is 0.423. The standard InChI is InChI=1S/C21H20N4O5/c1-3-16(23-24-18(26)13-7-5-4-6-8-13)17-19(27)22-21(29)25(20(17)28)14-9-11-15(30-2)12-10-14/h4-12,28H,3H2,1-2H3,(H,24,26)(H,22,27,29)/b23-16-. The van der Waals surface area contributed by atoms with Gasteiger partial charge in [0.25, 0.3) is 11.5 Å². The second kappa shape index (κ2) is 8.91. The third kappa shape index (κ3) is 4.14. The summed E-state index contributed by atoms with van der Waals surface area (Å²) >= 11 is 0. The number of amides is 1. The Balaban J connectivity index is 2.04. The molecule has 154 valence electrons. The lowest BCUT2D eigenvalue weighted by Gasteiger charge is -2.13. The summed E-state index contributed by atoms with van der Waals surface area (Å²) in [6.07, 6.45) is 0.215. The zero-order valence-electron chi connectivity index (χ0n) is 16.4. The van der Waals surface area contributed by atoms with E-state index in [-0.39, 0.29) is 17.7 Å². The van der Waals surface area contributed by atoms with E-state index in [9.17, 15) is 19.5 Å². The van der Waals surface area contributed by atoms with Crippen molar-refractivity contribution in [2.75, 3.05) is 7.11 Å². The number of aromatic nitrogens is 2. The zero-order valence-corrected chi connectivity index (χ0v) is 16.4. The van der Waals surface area contributed by atoms with E-state index in [1.807, 2.05) is 0 Å². The normalized spacial score (nSPS) is 11.2. The van der Waals surface area contributed by atoms with Gasteiger partial charge in [0.15, 0.2) is 0 Å². The fourth-order valence-corrected chi connectivity index (χ4v) is 2.84. The number of carbonyl (C=O) groups excluding carboxylic acids is 1. The van der Waals surface area contributed by atoms with Crippen LogP contribution >= 0.6 is 0 Å². The Morgan fingerprint density at radius 1 is 1.13 bits per heavy atom. The van der Waals surface area contributed by atoms with Crippen LogP contribution in [0, 0.1) is 0 Å². The molecule has 0 aliphatic carbocycles. The first-order valence-electron chi connectivity index (χ1n) is 9.11. The van der Waals surface area contributed by atoms with Gasteiger partial charge in [0, 0.05) is 5.56 Å². The molecular formula is C21H20N4O5. The molecule has 0 radical (unpaired) electrons. The van der Waals surface area contributed by atoms with E-state index in [0.717, 1.165) is 4.57 Å². The highest BCUT2D eigenvalue weighted by Crippen LogP contribution is 2.20. The van der Waals surface area contributed by atoms with Crippen molar-refractivity contribution in [2.45, 2.75) is 13.3 Å². The lowest BCUT2D eigenvalue weighted by molar-refractivity contribution is 0.0954. The van der Waals surface area contributed by atoms with Crippen LogP contribution in [0.25, 0.3) is 5.69 Å². The van der Waals surface area contributed by atoms with E-state index >= 15 is 0 Å². The Hall–Kier alpha value is -4.14. The molecule has 30 heavy (non-hydrogen) atoms. The van der Waals surface area contributed by atoms with Gasteiger partial charge < -0.3 is 9.84 Å². The van der Waals surface area contributed by atoms with E-state index in [2.05, 4.69) is 15.5 Å². The average Bonchev–Trinajstić information content (AvgIpc) is 2.76. The molecule has 0 fully saturated rings. The molecule has 1 aromatic heterocycles. The first-order chi connectivity index (χ1) is 14.5. The number of aromatic amines is 1. The van der Waals surface area contributed by atoms with Crippen molar-refractivity contribution < 1.29 is 14.6 Å². The highest BCUT2D eigenvalue weighted by molar-refractivity contribution is 6.03. The molecule has 0 unspecified atom stereocenters. The summed E-state index contributed by atoms with van der Waals surface area (Å²) in [5, 5.41) is 14.7. The van der Waals surface area contributed by atoms with Crippen molar-refractivity contribution in [3.8, 4) is 17.3 Å². The molecule has 0 aliphatic heterocycles. The van der Waals surface area contributed by atoms with Crippen molar-refractivity contribution in [1.29, 1.82) is 0 Å². The minimum absolute atomic E-state index is 0.111. The summed E-state index contributed by atoms with van der Waals surface area (Å²) in [7, 11) is 1.50. The highest BCUT2D eigenvalue weighted by Gasteiger charge is 2.20. The zero-order chi connectivity index (χ0) is 21.7. The summed E-state index contributed by atoms with van der Waals surface area (Å²) < 4.78 is 6.03. The van der Waals surface area contributed by atoms with E-state index < -0.39 is 23.0 Å². The first kappa shape index (κ1) is 20.6. The van der Waals surface area contributed by atoms with Gasteiger partial charge in [0.05, 0.1) is 18.5 Å². The summed E-state index contributed by atoms with van der Waals surface area (Å²) in [4.78, 5) is 39.2. The molecule has 0 saturated carbocycles. The van der Waals surface area contributed by atoms with E-state index in [1.165, 1.54) is 7.11 Å². The van der Waals surface area contributed by atoms with Crippen molar-refractivity contribution in [2.24, 2.45) is 5.10 Å². The minimum Gasteiger partial charge on any atom is -0.497 e. The Morgan fingerprint density at radius 2 is 1.80 bits per heavy atom. The number of hydrazone groups is 1. The van der Waals surface area contributed by atoms with E-state index in [4.69, 9.17) is 4.74 Å². The third-order valence-corrected chi connectivity index (χ3v) is 4.37. The van der Waals surface area contributed by atoms with Gasteiger partial charge in [0.2, 0.25) is 5.88 Å². The number of benzene rings is 2. The largest absolute Gasteiger partial charge is 0.497 e. The second-order valence-corrected chi connectivity index (χ2v) is 6.21. The van der Waals surface area contributed by atoms with E-state index in [0.29, 0.717) is 17.0 Å². The second-order valence-electron chi connectivity index (χ2n) is 6.21. The maximum absolute atomic E-state index is 12.4. The number of H-pyrrole nitrogens is 1. The molecule has 2 aromatic carbocycles. The molecule has 1 amide bonds. The number of nitrogens with zero attached hydrogens (tertiary/aromatic N) is 2. The van der Waals surface area contributed by atoms with Crippen LogP contribution in [0.3, 0.4) is 0 Å². The fraction of sp³-hybridized carbons (Fsp3) is 0.143. The smallest absolute Gasteiger partial charge is 0.335 e. The number of ether oxygens (including phenoxy) is 1. The number of rotatable bonds is 6. The van der Waals surface area contributed by atoms with Gasteiger partial charge in [-0.25, -0.2) is 14.8 Å². The molecule has 3 N–H and O–H groups in total. The monoisotopic (exact) mass is 408 g/mol. The van der Waals surface area contributed by atoms with Crippen LogP contribution in [0.2, 0.25) is 0 Å². The van der Waals surface area contributed by atoms with Crippen LogP contribution < -0.4 is 21.4 Å². The molecule has 0 spiro atoms. The van der Waals surface area contributed by atoms with Gasteiger partial charge in [0.1, 0.15) is 11.3 Å². The number of hydrogen-bond acceptors (Lipinski definition) is 6. The summed E-state index contributed by atoms with van der Waals surface area (Å²) in [5.41, 5.74) is 1.36. The molecule has 0 aliphatic rings. The predicted molar refractivity (Wildman–Crippen MR) is 112 cm³/mol. The number of aromatic hydroxyl groups is 1. The molecular weight excluding hydrogens is 388 g/mol. The Bertz CT molecular complexity index is 1190. The molecule has 1 heterocycles. The van der Waals surface area contributed by atoms with Crippen LogP contribution in [-0.4, -0.2) is 33.4 Å². The van der Waals surface area contributed by atoms with Gasteiger partial charge in [-0.2, -0.15) is 5.10 Å². The van der Waals surface area contributed by atoms with Crippen LogP contribution in [0.4, 0.5) is 0 Å². The molecule has 3 aromatic rings. The van der Waals surface area contributed by atoms with Gasteiger partial charge in [-0.1, -0.05) is 25.1 Å². The van der Waals surface area contributed by atoms with Crippen LogP contribution in [0.5, 0.6) is 11.6 Å². The third-order valence-electron chi connectivity index (χ3n) is 4.37. The topological polar surface area (TPSA) is 126 Å². The molecule has 9 heteroatoms. The van der Waals surface area contributed by atoms with Gasteiger partial charge in [-0.05, 0) is 42.8 Å². The molecule has 0 atom stereocenters. The van der Waals surface area contributed by atoms with Gasteiger partial charge >= 0.3 is 5.69 Å². The molecule has 0 bridgehead atoms. The van der Waals surface area contributed by atoms with Gasteiger partial charge in [-0.15, -0.1) is 0 Å². The SMILES string of the molecule is CC/C(=N/NC(=O)c1ccccc1)c1c(O)n(-c2ccc(OC)cc2)c(=O)[nH]c1=O. The lowest BCUT2D eigenvalue weighted by Crippen LogP contribution is -2.34. The van der Waals surface area contributed by atoms with E-state index in [1.54, 1.807) is 61.5 Å². The lowest BCUT2D eigenvalue weighted by atomic mass is 10.1. The fourth-order valence-electron chi connectivity index (χ4n) is 2.84. The Morgan fingerprint density at radius 3 is 2.40 bits per heavy atom. The number of methoxy groups -OCH3 is 1. The maximum Gasteiger partial charge on any atom is 0.335 e. The van der Waals surface area contributed by atoms with Crippen LogP contribution in [0.1, 0.15) is 29.3 Å². The van der Waals surface area contributed by atoms with Gasteiger partial charge in [-0.3, -0.25) is 14.6 Å². The molecule has 3 rings (SSSR count). The number of hydrogen-bond donors (Lipinski definition) is 3.